The van der Waals surface area contributed by atoms with Gasteiger partial charge in [0.25, 0.3) is 0 Å². The van der Waals surface area contributed by atoms with E-state index in [1.165, 1.54) is 0 Å². The van der Waals surface area contributed by atoms with Crippen molar-refractivity contribution in [1.82, 2.24) is 9.80 Å². The quantitative estimate of drug-likeness (QED) is 0.612. The van der Waals surface area contributed by atoms with E-state index in [4.69, 9.17) is 9.47 Å². The molecule has 1 fully saturated rings. The van der Waals surface area contributed by atoms with Crippen molar-refractivity contribution in [2.24, 2.45) is 4.99 Å². The molecule has 2 amide bonds. The maximum Gasteiger partial charge on any atom is 0.365 e. The van der Waals surface area contributed by atoms with E-state index in [2.05, 4.69) is 10.3 Å². The number of carbonyl (C=O) groups excluding carboxylic acids is 2. The first-order valence-electron chi connectivity index (χ1n) is 10.3. The third kappa shape index (κ3) is 3.96. The highest BCUT2D eigenvalue weighted by molar-refractivity contribution is 6.11. The van der Waals surface area contributed by atoms with Crippen LogP contribution in [0.25, 0.3) is 0 Å². The van der Waals surface area contributed by atoms with E-state index in [0.29, 0.717) is 38.7 Å². The molecule has 3 aliphatic rings. The molecule has 0 unspecified atom stereocenters. The van der Waals surface area contributed by atoms with Crippen molar-refractivity contribution in [3.05, 3.63) is 71.6 Å². The van der Waals surface area contributed by atoms with Gasteiger partial charge in [-0.15, -0.1) is 0 Å². The molecule has 2 aromatic rings. The Morgan fingerprint density at radius 2 is 1.84 bits per heavy atom. The summed E-state index contributed by atoms with van der Waals surface area (Å²) >= 11 is 0. The normalized spacial score (nSPS) is 19.0. The van der Waals surface area contributed by atoms with Crippen LogP contribution < -0.4 is 10.1 Å². The van der Waals surface area contributed by atoms with Crippen molar-refractivity contribution in [3.8, 4) is 5.75 Å². The molecule has 31 heavy (non-hydrogen) atoms. The number of ether oxygens (including phenoxy) is 2. The number of aliphatic imine (C=N–C) groups is 1. The third-order valence-corrected chi connectivity index (χ3v) is 5.52. The monoisotopic (exact) mass is 418 g/mol. The van der Waals surface area contributed by atoms with Gasteiger partial charge in [-0.2, -0.15) is 0 Å². The summed E-state index contributed by atoms with van der Waals surface area (Å²) in [5.41, 5.74) is 2.86. The zero-order valence-corrected chi connectivity index (χ0v) is 16.9. The highest BCUT2D eigenvalue weighted by Gasteiger charge is 2.29. The number of esters is 1. The number of rotatable bonds is 3. The fourth-order valence-electron chi connectivity index (χ4n) is 3.89. The van der Waals surface area contributed by atoms with Gasteiger partial charge in [0.05, 0.1) is 6.61 Å². The molecular weight excluding hydrogens is 396 g/mol. The van der Waals surface area contributed by atoms with Crippen LogP contribution in [-0.2, 0) is 16.0 Å². The number of hydrogen-bond donors (Lipinski definition) is 1. The fourth-order valence-corrected chi connectivity index (χ4v) is 3.89. The number of hydrogen-bond acceptors (Lipinski definition) is 6. The smallest absolute Gasteiger partial charge is 0.365 e. The summed E-state index contributed by atoms with van der Waals surface area (Å²) in [6, 6.07) is 14.9. The number of cyclic esters (lactones) is 1. The molecule has 0 aliphatic carbocycles. The van der Waals surface area contributed by atoms with Gasteiger partial charge in [-0.1, -0.05) is 24.3 Å². The van der Waals surface area contributed by atoms with Gasteiger partial charge in [-0.3, -0.25) is 0 Å². The first kappa shape index (κ1) is 19.2. The maximum atomic E-state index is 12.4. The number of urea groups is 1. The molecule has 0 bridgehead atoms. The summed E-state index contributed by atoms with van der Waals surface area (Å²) in [6.07, 6.45) is 2.50. The molecule has 5 rings (SSSR count). The Morgan fingerprint density at radius 1 is 1.03 bits per heavy atom. The van der Waals surface area contributed by atoms with Crippen LogP contribution in [0.15, 0.2) is 65.4 Å². The number of nitrogens with one attached hydrogen (secondary N) is 1. The molecule has 0 aromatic heterocycles. The third-order valence-electron chi connectivity index (χ3n) is 5.52. The van der Waals surface area contributed by atoms with Gasteiger partial charge in [0, 0.05) is 55.6 Å². The molecule has 0 spiro atoms. The number of benzene rings is 2. The molecule has 1 saturated heterocycles. The first-order chi connectivity index (χ1) is 15.2. The van der Waals surface area contributed by atoms with Crippen LogP contribution in [0.1, 0.15) is 11.1 Å². The van der Waals surface area contributed by atoms with Gasteiger partial charge in [-0.05, 0) is 24.3 Å². The Hall–Kier alpha value is -3.81. The van der Waals surface area contributed by atoms with Gasteiger partial charge in [0.1, 0.15) is 5.75 Å². The summed E-state index contributed by atoms with van der Waals surface area (Å²) in [5, 5.41) is 2.90. The molecule has 0 saturated carbocycles. The van der Waals surface area contributed by atoms with Gasteiger partial charge in [0.2, 0.25) is 5.90 Å². The van der Waals surface area contributed by atoms with Crippen LogP contribution in [0.2, 0.25) is 0 Å². The topological polar surface area (TPSA) is 83.5 Å². The summed E-state index contributed by atoms with van der Waals surface area (Å²) in [4.78, 5) is 33.0. The minimum atomic E-state index is -0.462. The number of amides is 2. The average Bonchev–Trinajstić information content (AvgIpc) is 3.41. The van der Waals surface area contributed by atoms with E-state index < -0.39 is 5.97 Å². The van der Waals surface area contributed by atoms with Crippen molar-refractivity contribution in [2.75, 3.05) is 38.1 Å². The van der Waals surface area contributed by atoms with Crippen molar-refractivity contribution >= 4 is 23.6 Å². The predicted octanol–water partition coefficient (Wildman–Crippen LogP) is 2.62. The highest BCUT2D eigenvalue weighted by atomic mass is 16.6. The zero-order chi connectivity index (χ0) is 21.2. The Kier molecular flexibility index (Phi) is 5.03. The Bertz CT molecular complexity index is 1070. The van der Waals surface area contributed by atoms with Gasteiger partial charge >= 0.3 is 12.0 Å². The van der Waals surface area contributed by atoms with Crippen LogP contribution in [0.4, 0.5) is 10.5 Å². The molecule has 1 N–H and O–H groups in total. The average molecular weight is 418 g/mol. The van der Waals surface area contributed by atoms with E-state index >= 15 is 0 Å². The number of piperazine rings is 1. The Balaban J connectivity index is 1.23. The number of fused-ring (bicyclic) bond motifs is 1. The van der Waals surface area contributed by atoms with Crippen LogP contribution >= 0.6 is 0 Å². The first-order valence-corrected chi connectivity index (χ1v) is 10.3. The van der Waals surface area contributed by atoms with Gasteiger partial charge in [0.15, 0.2) is 5.70 Å². The second-order valence-electron chi connectivity index (χ2n) is 7.52. The van der Waals surface area contributed by atoms with Gasteiger partial charge < -0.3 is 24.6 Å². The van der Waals surface area contributed by atoms with Crippen molar-refractivity contribution < 1.29 is 19.1 Å². The lowest BCUT2D eigenvalue weighted by Gasteiger charge is -2.34. The van der Waals surface area contributed by atoms with Crippen molar-refractivity contribution in [3.63, 3.8) is 0 Å². The number of anilines is 1. The molecular formula is C23H22N4O4. The minimum absolute atomic E-state index is 0.126. The van der Waals surface area contributed by atoms with Crippen LogP contribution in [0, 0.1) is 0 Å². The Labute approximate surface area is 179 Å². The van der Waals surface area contributed by atoms with E-state index in [-0.39, 0.29) is 11.7 Å². The molecule has 0 atom stereocenters. The molecule has 3 heterocycles. The Morgan fingerprint density at radius 3 is 2.65 bits per heavy atom. The fraction of sp³-hybridized carbons (Fsp3) is 0.261. The van der Waals surface area contributed by atoms with E-state index in [9.17, 15) is 9.59 Å². The molecule has 0 radical (unpaired) electrons. The standard InChI is InChI=1S/C23H22N4O4/c28-22-19(25-21(31-22)18-7-4-8-20-17(18)9-14-30-20)15-26-10-12-27(13-11-26)23(29)24-16-5-2-1-3-6-16/h1-8,15H,9-14H2,(H,24,29)/b19-15+. The number of carbonyl (C=O) groups is 2. The SMILES string of the molecule is O=C1OC(c2cccc3c2CCO3)=N/C1=C/N1CCN(C(=O)Nc2ccccc2)CC1. The highest BCUT2D eigenvalue weighted by Crippen LogP contribution is 2.30. The molecule has 158 valence electrons. The van der Waals surface area contributed by atoms with Crippen LogP contribution in [-0.4, -0.2) is 60.5 Å². The maximum absolute atomic E-state index is 12.4. The van der Waals surface area contributed by atoms with E-state index in [1.54, 1.807) is 11.1 Å². The molecule has 3 aliphatic heterocycles. The predicted molar refractivity (Wildman–Crippen MR) is 115 cm³/mol. The van der Waals surface area contributed by atoms with Crippen LogP contribution in [0.5, 0.6) is 5.75 Å². The number of nitrogens with zero attached hydrogens (tertiary/aromatic N) is 3. The van der Waals surface area contributed by atoms with Gasteiger partial charge in [-0.25, -0.2) is 14.6 Å². The summed E-state index contributed by atoms with van der Waals surface area (Å²) in [5.74, 6) is 0.675. The molecule has 8 heteroatoms. The summed E-state index contributed by atoms with van der Waals surface area (Å²) in [6.45, 7) is 2.95. The lowest BCUT2D eigenvalue weighted by Crippen LogP contribution is -2.48. The van der Waals surface area contributed by atoms with E-state index in [1.807, 2.05) is 53.4 Å². The lowest BCUT2D eigenvalue weighted by molar-refractivity contribution is -0.130. The largest absolute Gasteiger partial charge is 0.493 e. The molecule has 8 nitrogen and oxygen atoms in total. The second kappa shape index (κ2) is 8.14. The number of para-hydroxylation sites is 1. The lowest BCUT2D eigenvalue weighted by atomic mass is 10.1. The van der Waals surface area contributed by atoms with Crippen molar-refractivity contribution in [2.45, 2.75) is 6.42 Å². The molecule has 2 aromatic carbocycles. The van der Waals surface area contributed by atoms with Crippen molar-refractivity contribution in [1.29, 1.82) is 0 Å². The zero-order valence-electron chi connectivity index (χ0n) is 16.9. The minimum Gasteiger partial charge on any atom is -0.493 e. The summed E-state index contributed by atoms with van der Waals surface area (Å²) in [7, 11) is 0. The van der Waals surface area contributed by atoms with E-state index in [0.717, 1.165) is 29.0 Å². The second-order valence-corrected chi connectivity index (χ2v) is 7.52. The summed E-state index contributed by atoms with van der Waals surface area (Å²) < 4.78 is 11.0. The van der Waals surface area contributed by atoms with Crippen LogP contribution in [0.3, 0.4) is 0 Å².